The van der Waals surface area contributed by atoms with Gasteiger partial charge in [-0.1, -0.05) is 56.3 Å². The van der Waals surface area contributed by atoms with E-state index in [-0.39, 0.29) is 0 Å². The van der Waals surface area contributed by atoms with Gasteiger partial charge in [0.2, 0.25) is 0 Å². The van der Waals surface area contributed by atoms with Gasteiger partial charge < -0.3 is 5.32 Å². The van der Waals surface area contributed by atoms with Crippen LogP contribution in [0.2, 0.25) is 0 Å². The molecular formula is C13H19N. The average molecular weight is 189 g/mol. The van der Waals surface area contributed by atoms with Gasteiger partial charge in [0, 0.05) is 13.1 Å². The van der Waals surface area contributed by atoms with E-state index in [4.69, 9.17) is 0 Å². The van der Waals surface area contributed by atoms with Crippen LogP contribution >= 0.6 is 0 Å². The Morgan fingerprint density at radius 2 is 1.93 bits per heavy atom. The Morgan fingerprint density at radius 3 is 2.57 bits per heavy atom. The van der Waals surface area contributed by atoms with Gasteiger partial charge in [-0.05, 0) is 11.5 Å². The molecule has 1 nitrogen and oxygen atoms in total. The summed E-state index contributed by atoms with van der Waals surface area (Å²) in [4.78, 5) is 0. The topological polar surface area (TPSA) is 12.0 Å². The first kappa shape index (κ1) is 11.0. The van der Waals surface area contributed by atoms with Crippen LogP contribution in [0.15, 0.2) is 42.5 Å². The van der Waals surface area contributed by atoms with Crippen LogP contribution in [0.25, 0.3) is 0 Å². The molecule has 0 unspecified atom stereocenters. The Bertz CT molecular complexity index is 262. The summed E-state index contributed by atoms with van der Waals surface area (Å²) in [5, 5.41) is 3.37. The zero-order chi connectivity index (χ0) is 10.2. The molecule has 0 aliphatic heterocycles. The molecule has 1 aromatic carbocycles. The summed E-state index contributed by atoms with van der Waals surface area (Å²) in [6, 6.07) is 10.5. The minimum atomic E-state index is 0.647. The smallest absolute Gasteiger partial charge is 0.0208 e. The standard InChI is InChI=1S/C13H19N/c1-12(2)7-6-10-14-11-13-8-4-3-5-9-13/h3-9,12,14H,10-11H2,1-2H3/b7-6+. The van der Waals surface area contributed by atoms with E-state index in [2.05, 4.69) is 55.6 Å². The maximum atomic E-state index is 3.37. The van der Waals surface area contributed by atoms with E-state index in [0.29, 0.717) is 5.92 Å². The zero-order valence-electron chi connectivity index (χ0n) is 9.03. The minimum absolute atomic E-state index is 0.647. The van der Waals surface area contributed by atoms with Gasteiger partial charge in [0.25, 0.3) is 0 Å². The largest absolute Gasteiger partial charge is 0.309 e. The van der Waals surface area contributed by atoms with E-state index in [1.807, 2.05) is 6.07 Å². The fraction of sp³-hybridized carbons (Fsp3) is 0.385. The second-order valence-electron chi connectivity index (χ2n) is 3.79. The molecule has 14 heavy (non-hydrogen) atoms. The Morgan fingerprint density at radius 1 is 1.21 bits per heavy atom. The molecule has 0 atom stereocenters. The number of nitrogens with one attached hydrogen (secondary N) is 1. The van der Waals surface area contributed by atoms with Crippen molar-refractivity contribution in [1.29, 1.82) is 0 Å². The second-order valence-corrected chi connectivity index (χ2v) is 3.79. The molecule has 0 heterocycles. The molecule has 1 heteroatoms. The summed E-state index contributed by atoms with van der Waals surface area (Å²) in [5.74, 6) is 0.647. The summed E-state index contributed by atoms with van der Waals surface area (Å²) in [5.41, 5.74) is 1.34. The van der Waals surface area contributed by atoms with Gasteiger partial charge in [0.1, 0.15) is 0 Å². The molecule has 0 aromatic heterocycles. The second kappa shape index (κ2) is 6.39. The lowest BCUT2D eigenvalue weighted by Gasteiger charge is -2.01. The summed E-state index contributed by atoms with van der Waals surface area (Å²) < 4.78 is 0. The quantitative estimate of drug-likeness (QED) is 0.554. The van der Waals surface area contributed by atoms with Crippen molar-refractivity contribution in [2.24, 2.45) is 5.92 Å². The van der Waals surface area contributed by atoms with Crippen LogP contribution in [0.3, 0.4) is 0 Å². The van der Waals surface area contributed by atoms with Crippen molar-refractivity contribution >= 4 is 0 Å². The first-order valence-electron chi connectivity index (χ1n) is 5.20. The lowest BCUT2D eigenvalue weighted by Crippen LogP contribution is -2.12. The molecular weight excluding hydrogens is 170 g/mol. The maximum absolute atomic E-state index is 3.37. The molecule has 0 aliphatic rings. The zero-order valence-corrected chi connectivity index (χ0v) is 9.03. The first-order chi connectivity index (χ1) is 6.79. The van der Waals surface area contributed by atoms with E-state index in [0.717, 1.165) is 13.1 Å². The fourth-order valence-corrected chi connectivity index (χ4v) is 1.24. The van der Waals surface area contributed by atoms with Crippen molar-refractivity contribution in [2.75, 3.05) is 6.54 Å². The minimum Gasteiger partial charge on any atom is -0.309 e. The number of allylic oxidation sites excluding steroid dienone is 1. The average Bonchev–Trinajstić information content (AvgIpc) is 2.18. The van der Waals surface area contributed by atoms with E-state index >= 15 is 0 Å². The van der Waals surface area contributed by atoms with Crippen molar-refractivity contribution in [2.45, 2.75) is 20.4 Å². The number of hydrogen-bond donors (Lipinski definition) is 1. The molecule has 0 fully saturated rings. The van der Waals surface area contributed by atoms with Gasteiger partial charge in [0.15, 0.2) is 0 Å². The first-order valence-corrected chi connectivity index (χ1v) is 5.20. The summed E-state index contributed by atoms with van der Waals surface area (Å²) in [6.45, 7) is 6.28. The summed E-state index contributed by atoms with van der Waals surface area (Å²) >= 11 is 0. The third-order valence-corrected chi connectivity index (χ3v) is 1.96. The van der Waals surface area contributed by atoms with Crippen molar-refractivity contribution in [1.82, 2.24) is 5.32 Å². The van der Waals surface area contributed by atoms with Gasteiger partial charge >= 0.3 is 0 Å². The normalized spacial score (nSPS) is 11.4. The van der Waals surface area contributed by atoms with Gasteiger partial charge in [0.05, 0.1) is 0 Å². The highest BCUT2D eigenvalue weighted by molar-refractivity contribution is 5.14. The fourth-order valence-electron chi connectivity index (χ4n) is 1.24. The SMILES string of the molecule is CC(C)/C=C/CNCc1ccccc1. The molecule has 0 saturated heterocycles. The van der Waals surface area contributed by atoms with Crippen LogP contribution in [-0.2, 0) is 6.54 Å². The lowest BCUT2D eigenvalue weighted by molar-refractivity contribution is 0.749. The molecule has 1 aromatic rings. The van der Waals surface area contributed by atoms with E-state index in [1.54, 1.807) is 0 Å². The van der Waals surface area contributed by atoms with Crippen LogP contribution in [-0.4, -0.2) is 6.54 Å². The van der Waals surface area contributed by atoms with Gasteiger partial charge in [-0.3, -0.25) is 0 Å². The molecule has 1 N–H and O–H groups in total. The van der Waals surface area contributed by atoms with Crippen molar-refractivity contribution < 1.29 is 0 Å². The monoisotopic (exact) mass is 189 g/mol. The number of hydrogen-bond acceptors (Lipinski definition) is 1. The summed E-state index contributed by atoms with van der Waals surface area (Å²) in [7, 11) is 0. The molecule has 1 rings (SSSR count). The predicted octanol–water partition coefficient (Wildman–Crippen LogP) is 2.99. The van der Waals surface area contributed by atoms with Crippen LogP contribution < -0.4 is 5.32 Å². The highest BCUT2D eigenvalue weighted by Crippen LogP contribution is 1.97. The van der Waals surface area contributed by atoms with Gasteiger partial charge in [-0.2, -0.15) is 0 Å². The molecule has 0 saturated carbocycles. The molecule has 0 aliphatic carbocycles. The third-order valence-electron chi connectivity index (χ3n) is 1.96. The number of rotatable bonds is 5. The van der Waals surface area contributed by atoms with Crippen LogP contribution in [0.4, 0.5) is 0 Å². The highest BCUT2D eigenvalue weighted by Gasteiger charge is 1.88. The van der Waals surface area contributed by atoms with Crippen molar-refractivity contribution in [3.8, 4) is 0 Å². The summed E-state index contributed by atoms with van der Waals surface area (Å²) in [6.07, 6.45) is 4.41. The van der Waals surface area contributed by atoms with Crippen LogP contribution in [0, 0.1) is 5.92 Å². The number of benzene rings is 1. The van der Waals surface area contributed by atoms with E-state index in [1.165, 1.54) is 5.56 Å². The van der Waals surface area contributed by atoms with Gasteiger partial charge in [-0.15, -0.1) is 0 Å². The van der Waals surface area contributed by atoms with E-state index < -0.39 is 0 Å². The highest BCUT2D eigenvalue weighted by atomic mass is 14.8. The lowest BCUT2D eigenvalue weighted by atomic mass is 10.2. The predicted molar refractivity (Wildman–Crippen MR) is 62.1 cm³/mol. The Hall–Kier alpha value is -1.08. The molecule has 0 spiro atoms. The Labute approximate surface area is 86.8 Å². The molecule has 76 valence electrons. The third kappa shape index (κ3) is 4.83. The van der Waals surface area contributed by atoms with Crippen LogP contribution in [0.1, 0.15) is 19.4 Å². The van der Waals surface area contributed by atoms with E-state index in [9.17, 15) is 0 Å². The van der Waals surface area contributed by atoms with Crippen molar-refractivity contribution in [3.63, 3.8) is 0 Å². The molecule has 0 bridgehead atoms. The Balaban J connectivity index is 2.16. The Kier molecular flexibility index (Phi) is 5.02. The molecule has 0 amide bonds. The van der Waals surface area contributed by atoms with Crippen molar-refractivity contribution in [3.05, 3.63) is 48.0 Å². The molecule has 0 radical (unpaired) electrons. The maximum Gasteiger partial charge on any atom is 0.0208 e. The van der Waals surface area contributed by atoms with Gasteiger partial charge in [-0.25, -0.2) is 0 Å². The van der Waals surface area contributed by atoms with Crippen LogP contribution in [0.5, 0.6) is 0 Å².